The van der Waals surface area contributed by atoms with Crippen LogP contribution in [0.15, 0.2) is 23.9 Å². The highest BCUT2D eigenvalue weighted by Crippen LogP contribution is 2.06. The van der Waals surface area contributed by atoms with E-state index in [4.69, 9.17) is 0 Å². The summed E-state index contributed by atoms with van der Waals surface area (Å²) in [5.74, 6) is -0.896. The first kappa shape index (κ1) is 7.72. The lowest BCUT2D eigenvalue weighted by atomic mass is 10.1. The highest BCUT2D eigenvalue weighted by molar-refractivity contribution is 6.46. The summed E-state index contributed by atoms with van der Waals surface area (Å²) in [5, 5.41) is 0. The van der Waals surface area contributed by atoms with Gasteiger partial charge >= 0.3 is 0 Å². The van der Waals surface area contributed by atoms with Crippen molar-refractivity contribution in [3.8, 4) is 0 Å². The Morgan fingerprint density at radius 1 is 1.09 bits per heavy atom. The fraction of sp³-hybridized carbons (Fsp3) is 0.250. The molecule has 0 aliphatic heterocycles. The van der Waals surface area contributed by atoms with Gasteiger partial charge in [-0.3, -0.25) is 9.59 Å². The molecule has 1 aliphatic rings. The van der Waals surface area contributed by atoms with Gasteiger partial charge < -0.3 is 4.90 Å². The number of nitrogens with zero attached hydrogens (tertiary/aromatic N) is 1. The van der Waals surface area contributed by atoms with Crippen molar-refractivity contribution < 1.29 is 9.59 Å². The molecule has 1 aliphatic carbocycles. The third kappa shape index (κ3) is 1.55. The summed E-state index contributed by atoms with van der Waals surface area (Å²) in [6.07, 6.45) is 4.25. The Bertz CT molecular complexity index is 261. The molecule has 0 radical (unpaired) electrons. The van der Waals surface area contributed by atoms with Crippen LogP contribution in [-0.2, 0) is 9.59 Å². The Balaban J connectivity index is 2.89. The van der Waals surface area contributed by atoms with E-state index in [0.717, 1.165) is 5.70 Å². The van der Waals surface area contributed by atoms with Gasteiger partial charge in [-0.2, -0.15) is 0 Å². The average molecular weight is 151 g/mol. The summed E-state index contributed by atoms with van der Waals surface area (Å²) >= 11 is 0. The van der Waals surface area contributed by atoms with E-state index in [-0.39, 0.29) is 0 Å². The molecular formula is C8H9NO2. The van der Waals surface area contributed by atoms with E-state index >= 15 is 0 Å². The Morgan fingerprint density at radius 3 is 2.18 bits per heavy atom. The van der Waals surface area contributed by atoms with Crippen molar-refractivity contribution in [1.29, 1.82) is 0 Å². The van der Waals surface area contributed by atoms with E-state index in [2.05, 4.69) is 0 Å². The second kappa shape index (κ2) is 2.70. The van der Waals surface area contributed by atoms with Gasteiger partial charge in [0, 0.05) is 25.9 Å². The first-order chi connectivity index (χ1) is 5.11. The second-order valence-electron chi connectivity index (χ2n) is 2.53. The standard InChI is InChI=1S/C8H9NO2/c1-9(2)6-3-4-7(10)8(11)5-6/h3-5H,1-2H3. The zero-order valence-corrected chi connectivity index (χ0v) is 6.50. The van der Waals surface area contributed by atoms with Crippen molar-refractivity contribution >= 4 is 11.6 Å². The number of carbonyl (C=O) groups is 2. The van der Waals surface area contributed by atoms with Crippen LogP contribution in [0.25, 0.3) is 0 Å². The third-order valence-electron chi connectivity index (χ3n) is 1.44. The molecule has 0 aromatic rings. The molecule has 0 fully saturated rings. The SMILES string of the molecule is CN(C)C1=CC(=O)C(=O)C=C1. The lowest BCUT2D eigenvalue weighted by Gasteiger charge is -2.14. The largest absolute Gasteiger partial charge is 0.378 e. The van der Waals surface area contributed by atoms with Gasteiger partial charge in [0.15, 0.2) is 0 Å². The fourth-order valence-corrected chi connectivity index (χ4v) is 0.775. The van der Waals surface area contributed by atoms with E-state index < -0.39 is 11.6 Å². The molecule has 58 valence electrons. The summed E-state index contributed by atoms with van der Waals surface area (Å²) in [7, 11) is 3.64. The van der Waals surface area contributed by atoms with Crippen LogP contribution in [0.1, 0.15) is 0 Å². The molecule has 3 nitrogen and oxygen atoms in total. The smallest absolute Gasteiger partial charge is 0.227 e. The van der Waals surface area contributed by atoms with Gasteiger partial charge in [-0.25, -0.2) is 0 Å². The van der Waals surface area contributed by atoms with Crippen molar-refractivity contribution in [2.75, 3.05) is 14.1 Å². The molecule has 0 saturated carbocycles. The Kier molecular flexibility index (Phi) is 1.89. The summed E-state index contributed by atoms with van der Waals surface area (Å²) in [4.78, 5) is 23.2. The van der Waals surface area contributed by atoms with E-state index in [1.165, 1.54) is 12.2 Å². The lowest BCUT2D eigenvalue weighted by molar-refractivity contribution is -0.131. The molecule has 0 atom stereocenters. The maximum absolute atomic E-state index is 10.8. The highest BCUT2D eigenvalue weighted by atomic mass is 16.2. The number of ketones is 2. The minimum atomic E-state index is -0.449. The topological polar surface area (TPSA) is 37.4 Å². The maximum atomic E-state index is 10.8. The summed E-state index contributed by atoms with van der Waals surface area (Å²) < 4.78 is 0. The summed E-state index contributed by atoms with van der Waals surface area (Å²) in [6, 6.07) is 0. The Labute approximate surface area is 65.0 Å². The van der Waals surface area contributed by atoms with Crippen molar-refractivity contribution in [3.05, 3.63) is 23.9 Å². The number of likely N-dealkylation sites (N-methyl/N-ethyl adjacent to an activating group) is 1. The Morgan fingerprint density at radius 2 is 1.73 bits per heavy atom. The molecule has 0 aromatic heterocycles. The molecular weight excluding hydrogens is 142 g/mol. The minimum Gasteiger partial charge on any atom is -0.378 e. The van der Waals surface area contributed by atoms with Crippen molar-refractivity contribution in [3.63, 3.8) is 0 Å². The number of carbonyl (C=O) groups excluding carboxylic acids is 2. The predicted molar refractivity (Wildman–Crippen MR) is 40.9 cm³/mol. The highest BCUT2D eigenvalue weighted by Gasteiger charge is 2.13. The van der Waals surface area contributed by atoms with Gasteiger partial charge in [-0.05, 0) is 12.2 Å². The first-order valence-corrected chi connectivity index (χ1v) is 3.26. The summed E-state index contributed by atoms with van der Waals surface area (Å²) in [5.41, 5.74) is 0.759. The molecule has 0 spiro atoms. The molecule has 1 rings (SSSR count). The average Bonchev–Trinajstić information content (AvgIpc) is 1.94. The van der Waals surface area contributed by atoms with Crippen LogP contribution in [0.5, 0.6) is 0 Å². The quantitative estimate of drug-likeness (QED) is 0.395. The second-order valence-corrected chi connectivity index (χ2v) is 2.53. The molecule has 0 bridgehead atoms. The zero-order valence-electron chi connectivity index (χ0n) is 6.50. The van der Waals surface area contributed by atoms with Gasteiger partial charge in [0.1, 0.15) is 0 Å². The number of rotatable bonds is 1. The van der Waals surface area contributed by atoms with Gasteiger partial charge in [-0.1, -0.05) is 0 Å². The van der Waals surface area contributed by atoms with E-state index in [1.807, 2.05) is 14.1 Å². The predicted octanol–water partition coefficient (Wildman–Crippen LogP) is 0.140. The van der Waals surface area contributed by atoms with Crippen molar-refractivity contribution in [2.24, 2.45) is 0 Å². The van der Waals surface area contributed by atoms with Gasteiger partial charge in [0.2, 0.25) is 11.6 Å². The van der Waals surface area contributed by atoms with E-state index in [9.17, 15) is 9.59 Å². The third-order valence-corrected chi connectivity index (χ3v) is 1.44. The van der Waals surface area contributed by atoms with Crippen LogP contribution in [-0.4, -0.2) is 30.6 Å². The van der Waals surface area contributed by atoms with Gasteiger partial charge in [0.25, 0.3) is 0 Å². The fourth-order valence-electron chi connectivity index (χ4n) is 0.775. The summed E-state index contributed by atoms with van der Waals surface area (Å²) in [6.45, 7) is 0. The van der Waals surface area contributed by atoms with Gasteiger partial charge in [-0.15, -0.1) is 0 Å². The van der Waals surface area contributed by atoms with Crippen molar-refractivity contribution in [1.82, 2.24) is 4.90 Å². The molecule has 0 unspecified atom stereocenters. The zero-order chi connectivity index (χ0) is 8.43. The normalized spacial score (nSPS) is 16.7. The molecule has 3 heteroatoms. The molecule has 0 heterocycles. The molecule has 11 heavy (non-hydrogen) atoms. The first-order valence-electron chi connectivity index (χ1n) is 3.26. The molecule has 0 aromatic carbocycles. The minimum absolute atomic E-state index is 0.448. The van der Waals surface area contributed by atoms with Crippen LogP contribution < -0.4 is 0 Å². The molecule has 0 amide bonds. The molecule has 0 N–H and O–H groups in total. The number of hydrogen-bond donors (Lipinski definition) is 0. The van der Waals surface area contributed by atoms with Crippen LogP contribution in [0.4, 0.5) is 0 Å². The van der Waals surface area contributed by atoms with Crippen LogP contribution in [0, 0.1) is 0 Å². The van der Waals surface area contributed by atoms with Crippen LogP contribution in [0.3, 0.4) is 0 Å². The number of allylic oxidation sites excluding steroid dienone is 3. The number of hydrogen-bond acceptors (Lipinski definition) is 3. The van der Waals surface area contributed by atoms with Crippen molar-refractivity contribution in [2.45, 2.75) is 0 Å². The van der Waals surface area contributed by atoms with E-state index in [0.29, 0.717) is 0 Å². The van der Waals surface area contributed by atoms with Crippen LogP contribution in [0.2, 0.25) is 0 Å². The van der Waals surface area contributed by atoms with Crippen LogP contribution >= 0.6 is 0 Å². The van der Waals surface area contributed by atoms with E-state index in [1.54, 1.807) is 11.0 Å². The molecule has 0 saturated heterocycles. The maximum Gasteiger partial charge on any atom is 0.227 e. The Hall–Kier alpha value is -1.38. The lowest BCUT2D eigenvalue weighted by Crippen LogP contribution is -2.18. The monoisotopic (exact) mass is 151 g/mol. The van der Waals surface area contributed by atoms with Gasteiger partial charge in [0.05, 0.1) is 0 Å².